The Morgan fingerprint density at radius 1 is 1.00 bits per heavy atom. The lowest BCUT2D eigenvalue weighted by Crippen LogP contribution is -2.54. The molecule has 0 bridgehead atoms. The molecule has 1 rings (SSSR count). The Bertz CT molecular complexity index is 511. The minimum Gasteiger partial charge on any atom is -0.465 e. The van der Waals surface area contributed by atoms with Crippen LogP contribution in [0.15, 0.2) is 21.5 Å². The van der Waals surface area contributed by atoms with Crippen molar-refractivity contribution >= 4 is 14.0 Å². The molecule has 0 amide bonds. The SMILES string of the molecule is CCC1=C(CC)[Si](C(C)(C)C)(C(C)(C)C)C(C)=C1C(=O)OC. The van der Waals surface area contributed by atoms with E-state index in [4.69, 9.17) is 4.74 Å². The molecule has 0 atom stereocenters. The van der Waals surface area contributed by atoms with Crippen LogP contribution in [0, 0.1) is 0 Å². The second-order valence-corrected chi connectivity index (χ2v) is 14.3. The average molecular weight is 323 g/mol. The third-order valence-corrected chi connectivity index (χ3v) is 12.8. The fourth-order valence-corrected chi connectivity index (χ4v) is 14.1. The highest BCUT2D eigenvalue weighted by Gasteiger charge is 2.60. The van der Waals surface area contributed by atoms with Crippen molar-refractivity contribution in [1.82, 2.24) is 0 Å². The number of methoxy groups -OCH3 is 1. The van der Waals surface area contributed by atoms with Gasteiger partial charge in [-0.25, -0.2) is 4.79 Å². The van der Waals surface area contributed by atoms with Crippen molar-refractivity contribution in [1.29, 1.82) is 0 Å². The van der Waals surface area contributed by atoms with Gasteiger partial charge in [0.1, 0.15) is 8.07 Å². The van der Waals surface area contributed by atoms with E-state index in [0.717, 1.165) is 18.4 Å². The van der Waals surface area contributed by atoms with Gasteiger partial charge in [0.15, 0.2) is 0 Å². The topological polar surface area (TPSA) is 26.3 Å². The van der Waals surface area contributed by atoms with E-state index in [0.29, 0.717) is 0 Å². The third kappa shape index (κ3) is 2.42. The first-order valence-corrected chi connectivity index (χ1v) is 10.4. The van der Waals surface area contributed by atoms with Crippen LogP contribution in [0.25, 0.3) is 0 Å². The van der Waals surface area contributed by atoms with E-state index in [1.807, 2.05) is 0 Å². The monoisotopic (exact) mass is 322 g/mol. The summed E-state index contributed by atoms with van der Waals surface area (Å²) in [6.45, 7) is 20.8. The molecule has 0 aromatic rings. The molecule has 1 aliphatic heterocycles. The van der Waals surface area contributed by atoms with E-state index in [-0.39, 0.29) is 16.0 Å². The summed E-state index contributed by atoms with van der Waals surface area (Å²) in [5, 5.41) is 3.22. The van der Waals surface area contributed by atoms with E-state index < -0.39 is 8.07 Å². The number of esters is 1. The van der Waals surface area contributed by atoms with Crippen LogP contribution in [0.2, 0.25) is 10.1 Å². The van der Waals surface area contributed by atoms with Crippen molar-refractivity contribution in [2.45, 2.75) is 85.2 Å². The number of ether oxygens (including phenoxy) is 1. The molecule has 0 radical (unpaired) electrons. The van der Waals surface area contributed by atoms with Gasteiger partial charge in [-0.15, -0.1) is 0 Å². The summed E-state index contributed by atoms with van der Waals surface area (Å²) in [5.74, 6) is -0.150. The lowest BCUT2D eigenvalue weighted by atomic mass is 10.0. The molecule has 0 fully saturated rings. The number of carbonyl (C=O) groups is 1. The van der Waals surface area contributed by atoms with Crippen LogP contribution in [0.3, 0.4) is 0 Å². The fourth-order valence-electron chi connectivity index (χ4n) is 5.42. The predicted molar refractivity (Wildman–Crippen MR) is 97.5 cm³/mol. The maximum atomic E-state index is 12.5. The Morgan fingerprint density at radius 3 is 1.73 bits per heavy atom. The van der Waals surface area contributed by atoms with Gasteiger partial charge in [0.05, 0.1) is 12.7 Å². The van der Waals surface area contributed by atoms with Crippen molar-refractivity contribution in [2.75, 3.05) is 7.11 Å². The fraction of sp³-hybridized carbons (Fsp3) is 0.737. The highest BCUT2D eigenvalue weighted by atomic mass is 28.3. The second-order valence-electron chi connectivity index (χ2n) is 8.41. The van der Waals surface area contributed by atoms with Crippen molar-refractivity contribution in [3.8, 4) is 0 Å². The summed E-state index contributed by atoms with van der Waals surface area (Å²) in [7, 11) is -0.539. The van der Waals surface area contributed by atoms with Gasteiger partial charge in [0.2, 0.25) is 0 Å². The van der Waals surface area contributed by atoms with Crippen LogP contribution in [0.1, 0.15) is 75.2 Å². The van der Waals surface area contributed by atoms with E-state index >= 15 is 0 Å². The Labute approximate surface area is 138 Å². The zero-order valence-electron chi connectivity index (χ0n) is 16.2. The Hall–Kier alpha value is -0.833. The average Bonchev–Trinajstić information content (AvgIpc) is 2.65. The Balaban J connectivity index is 3.95. The first-order chi connectivity index (χ1) is 9.91. The standard InChI is InChI=1S/C19H34O2Si/c1-11-14-15(12-2)22(18(4,5)6,19(7,8)9)13(3)16(14)17(20)21-10/h11-12H2,1-10H3. The molecule has 126 valence electrons. The Kier molecular flexibility index (Phi) is 5.23. The zero-order valence-corrected chi connectivity index (χ0v) is 17.2. The van der Waals surface area contributed by atoms with Gasteiger partial charge in [-0.2, -0.15) is 0 Å². The van der Waals surface area contributed by atoms with Gasteiger partial charge in [-0.3, -0.25) is 0 Å². The summed E-state index contributed by atoms with van der Waals surface area (Å²) < 4.78 is 5.14. The predicted octanol–water partition coefficient (Wildman–Crippen LogP) is 5.73. The van der Waals surface area contributed by atoms with Crippen LogP contribution in [0.5, 0.6) is 0 Å². The molecule has 0 saturated carbocycles. The molecule has 0 aromatic carbocycles. The van der Waals surface area contributed by atoms with Gasteiger partial charge in [0.25, 0.3) is 0 Å². The zero-order chi connectivity index (χ0) is 17.5. The molecule has 0 aliphatic carbocycles. The third-order valence-electron chi connectivity index (χ3n) is 5.40. The molecule has 0 N–H and O–H groups in total. The van der Waals surface area contributed by atoms with Gasteiger partial charge in [-0.05, 0) is 35.4 Å². The number of carbonyl (C=O) groups excluding carboxylic acids is 1. The molecule has 0 saturated heterocycles. The molecule has 0 unspecified atom stereocenters. The number of hydrogen-bond acceptors (Lipinski definition) is 2. The summed E-state index contributed by atoms with van der Waals surface area (Å²) in [4.78, 5) is 12.5. The van der Waals surface area contributed by atoms with E-state index in [1.165, 1.54) is 17.9 Å². The minimum atomic E-state index is -2.04. The molecular weight excluding hydrogens is 288 g/mol. The molecule has 1 aliphatic rings. The van der Waals surface area contributed by atoms with Gasteiger partial charge < -0.3 is 4.74 Å². The van der Waals surface area contributed by atoms with E-state index in [1.54, 1.807) is 5.20 Å². The second kappa shape index (κ2) is 5.99. The quantitative estimate of drug-likeness (QED) is 0.489. The van der Waals surface area contributed by atoms with Gasteiger partial charge in [0, 0.05) is 0 Å². The molecule has 22 heavy (non-hydrogen) atoms. The summed E-state index contributed by atoms with van der Waals surface area (Å²) in [6.07, 6.45) is 1.94. The van der Waals surface area contributed by atoms with Crippen molar-refractivity contribution in [3.63, 3.8) is 0 Å². The van der Waals surface area contributed by atoms with Crippen molar-refractivity contribution < 1.29 is 9.53 Å². The lowest BCUT2D eigenvalue weighted by molar-refractivity contribution is -0.135. The maximum absolute atomic E-state index is 12.5. The van der Waals surface area contributed by atoms with Crippen LogP contribution < -0.4 is 0 Å². The van der Waals surface area contributed by atoms with Crippen LogP contribution in [0.4, 0.5) is 0 Å². The van der Waals surface area contributed by atoms with Crippen LogP contribution in [-0.4, -0.2) is 21.2 Å². The van der Waals surface area contributed by atoms with Crippen molar-refractivity contribution in [2.24, 2.45) is 0 Å². The number of allylic oxidation sites excluding steroid dienone is 2. The number of rotatable bonds is 3. The molecular formula is C19H34O2Si. The lowest BCUT2D eigenvalue weighted by Gasteiger charge is -2.53. The summed E-state index contributed by atoms with van der Waals surface area (Å²) in [6, 6.07) is 0. The largest absolute Gasteiger partial charge is 0.465 e. The summed E-state index contributed by atoms with van der Waals surface area (Å²) >= 11 is 0. The normalized spacial score (nSPS) is 19.0. The van der Waals surface area contributed by atoms with E-state index in [9.17, 15) is 4.79 Å². The Morgan fingerprint density at radius 2 is 1.45 bits per heavy atom. The maximum Gasteiger partial charge on any atom is 0.337 e. The summed E-state index contributed by atoms with van der Waals surface area (Å²) in [5.41, 5.74) is 2.15. The van der Waals surface area contributed by atoms with Crippen molar-refractivity contribution in [3.05, 3.63) is 21.5 Å². The smallest absolute Gasteiger partial charge is 0.337 e. The molecule has 2 nitrogen and oxygen atoms in total. The molecule has 1 heterocycles. The first kappa shape index (κ1) is 19.2. The highest BCUT2D eigenvalue weighted by Crippen LogP contribution is 2.63. The van der Waals surface area contributed by atoms with Crippen LogP contribution >= 0.6 is 0 Å². The van der Waals surface area contributed by atoms with Crippen LogP contribution in [-0.2, 0) is 9.53 Å². The van der Waals surface area contributed by atoms with Gasteiger partial charge in [-0.1, -0.05) is 65.8 Å². The first-order valence-electron chi connectivity index (χ1n) is 8.44. The highest BCUT2D eigenvalue weighted by molar-refractivity contribution is 6.98. The number of hydrogen-bond donors (Lipinski definition) is 0. The molecule has 0 spiro atoms. The molecule has 3 heteroatoms. The van der Waals surface area contributed by atoms with E-state index in [2.05, 4.69) is 62.3 Å². The molecule has 0 aromatic heterocycles. The van der Waals surface area contributed by atoms with Gasteiger partial charge >= 0.3 is 5.97 Å². The minimum absolute atomic E-state index is 0.150.